The molecule has 0 aliphatic rings. The summed E-state index contributed by atoms with van der Waals surface area (Å²) < 4.78 is 5.79. The number of fused-ring (bicyclic) bond motifs is 1. The van der Waals surface area contributed by atoms with Crippen molar-refractivity contribution in [2.45, 2.75) is 6.42 Å². The van der Waals surface area contributed by atoms with Gasteiger partial charge in [-0.3, -0.25) is 4.79 Å². The van der Waals surface area contributed by atoms with Gasteiger partial charge >= 0.3 is 0 Å². The average Bonchev–Trinajstić information content (AvgIpc) is 2.69. The van der Waals surface area contributed by atoms with Crippen molar-refractivity contribution in [1.82, 2.24) is 0 Å². The van der Waals surface area contributed by atoms with Gasteiger partial charge in [0.15, 0.2) is 5.76 Å². The van der Waals surface area contributed by atoms with Crippen LogP contribution in [0.25, 0.3) is 22.3 Å². The highest BCUT2D eigenvalue weighted by molar-refractivity contribution is 5.91. The second-order valence-corrected chi connectivity index (χ2v) is 6.60. The summed E-state index contributed by atoms with van der Waals surface area (Å²) in [6, 6.07) is 12.9. The molecular weight excluding hydrogens is 376 g/mol. The smallest absolute Gasteiger partial charge is 0.238 e. The molecule has 0 saturated heterocycles. The van der Waals surface area contributed by atoms with Gasteiger partial charge in [0, 0.05) is 23.6 Å². The summed E-state index contributed by atoms with van der Waals surface area (Å²) in [5.74, 6) is -1.57. The van der Waals surface area contributed by atoms with Gasteiger partial charge in [-0.2, -0.15) is 0 Å². The standard InChI is InChI=1S/C22H16O7/c23-13-5-1-11(2-6-13)9-15-16(25)10-17(26)18-19(27)20(28)21(29-22(15)18)12-3-7-14(24)8-4-12/h1-8,10,23-26,28H,9H2. The molecule has 0 spiro atoms. The summed E-state index contributed by atoms with van der Waals surface area (Å²) in [7, 11) is 0. The van der Waals surface area contributed by atoms with E-state index in [-0.39, 0.29) is 46.0 Å². The molecule has 0 aliphatic heterocycles. The van der Waals surface area contributed by atoms with E-state index in [1.165, 1.54) is 36.4 Å². The lowest BCUT2D eigenvalue weighted by atomic mass is 10.00. The Bertz CT molecular complexity index is 1270. The van der Waals surface area contributed by atoms with E-state index in [0.717, 1.165) is 6.07 Å². The van der Waals surface area contributed by atoms with Gasteiger partial charge in [-0.1, -0.05) is 12.1 Å². The van der Waals surface area contributed by atoms with Gasteiger partial charge in [0.1, 0.15) is 34.0 Å². The molecule has 3 aromatic carbocycles. The fraction of sp³-hybridized carbons (Fsp3) is 0.0455. The molecule has 0 radical (unpaired) electrons. The minimum atomic E-state index is -0.848. The van der Waals surface area contributed by atoms with E-state index in [2.05, 4.69) is 0 Å². The summed E-state index contributed by atoms with van der Waals surface area (Å²) >= 11 is 0. The van der Waals surface area contributed by atoms with Gasteiger partial charge in [-0.25, -0.2) is 0 Å². The van der Waals surface area contributed by atoms with Crippen LogP contribution in [-0.2, 0) is 6.42 Å². The number of aromatic hydroxyl groups is 5. The molecule has 0 saturated carbocycles. The number of phenols is 4. The van der Waals surface area contributed by atoms with Crippen LogP contribution in [0.5, 0.6) is 28.7 Å². The van der Waals surface area contributed by atoms with E-state index in [9.17, 15) is 30.3 Å². The highest BCUT2D eigenvalue weighted by atomic mass is 16.4. The Hall–Kier alpha value is -4.13. The maximum absolute atomic E-state index is 12.7. The number of benzene rings is 3. The van der Waals surface area contributed by atoms with E-state index >= 15 is 0 Å². The maximum Gasteiger partial charge on any atom is 0.238 e. The number of rotatable bonds is 3. The number of hydrogen-bond acceptors (Lipinski definition) is 7. The highest BCUT2D eigenvalue weighted by Crippen LogP contribution is 2.39. The molecule has 0 unspecified atom stereocenters. The molecule has 0 amide bonds. The molecule has 0 atom stereocenters. The molecular formula is C22H16O7. The van der Waals surface area contributed by atoms with Crippen molar-refractivity contribution in [3.05, 3.63) is 75.9 Å². The summed E-state index contributed by atoms with van der Waals surface area (Å²) in [4.78, 5) is 12.7. The average molecular weight is 392 g/mol. The van der Waals surface area contributed by atoms with Crippen molar-refractivity contribution in [3.63, 3.8) is 0 Å². The Morgan fingerprint density at radius 3 is 1.97 bits per heavy atom. The molecule has 1 aromatic heterocycles. The topological polar surface area (TPSA) is 131 Å². The SMILES string of the molecule is O=c1c(O)c(-c2ccc(O)cc2)oc2c(Cc3ccc(O)cc3)c(O)cc(O)c12. The summed E-state index contributed by atoms with van der Waals surface area (Å²) in [6.07, 6.45) is 0.144. The Morgan fingerprint density at radius 2 is 1.34 bits per heavy atom. The highest BCUT2D eigenvalue weighted by Gasteiger charge is 2.22. The van der Waals surface area contributed by atoms with E-state index in [4.69, 9.17) is 4.42 Å². The molecule has 4 rings (SSSR count). The lowest BCUT2D eigenvalue weighted by molar-refractivity contribution is 0.435. The Labute approximate surface area is 164 Å². The third-order valence-corrected chi connectivity index (χ3v) is 4.65. The second-order valence-electron chi connectivity index (χ2n) is 6.60. The molecule has 0 aliphatic carbocycles. The monoisotopic (exact) mass is 392 g/mol. The molecule has 0 fully saturated rings. The molecule has 5 N–H and O–H groups in total. The first-order valence-electron chi connectivity index (χ1n) is 8.66. The van der Waals surface area contributed by atoms with Crippen molar-refractivity contribution in [2.24, 2.45) is 0 Å². The molecule has 1 heterocycles. The minimum absolute atomic E-state index is 0.000293. The number of hydrogen-bond donors (Lipinski definition) is 5. The van der Waals surface area contributed by atoms with Crippen molar-refractivity contribution in [1.29, 1.82) is 0 Å². The Kier molecular flexibility index (Phi) is 4.27. The van der Waals surface area contributed by atoms with Gasteiger partial charge in [-0.15, -0.1) is 0 Å². The molecule has 0 bridgehead atoms. The zero-order chi connectivity index (χ0) is 20.7. The molecule has 7 nitrogen and oxygen atoms in total. The van der Waals surface area contributed by atoms with Crippen LogP contribution in [-0.4, -0.2) is 25.5 Å². The third-order valence-electron chi connectivity index (χ3n) is 4.65. The van der Waals surface area contributed by atoms with Crippen LogP contribution in [0.1, 0.15) is 11.1 Å². The van der Waals surface area contributed by atoms with Crippen LogP contribution in [0, 0.1) is 0 Å². The third kappa shape index (κ3) is 3.19. The van der Waals surface area contributed by atoms with E-state index < -0.39 is 16.9 Å². The fourth-order valence-corrected chi connectivity index (χ4v) is 3.17. The predicted octanol–water partition coefficient (Wildman–Crippen LogP) is 3.58. The van der Waals surface area contributed by atoms with Crippen molar-refractivity contribution in [2.75, 3.05) is 0 Å². The van der Waals surface area contributed by atoms with Crippen molar-refractivity contribution in [3.8, 4) is 40.1 Å². The predicted molar refractivity (Wildman–Crippen MR) is 105 cm³/mol. The second kappa shape index (κ2) is 6.79. The zero-order valence-corrected chi connectivity index (χ0v) is 15.0. The molecule has 7 heteroatoms. The minimum Gasteiger partial charge on any atom is -0.508 e. The van der Waals surface area contributed by atoms with Crippen LogP contribution in [0.15, 0.2) is 63.8 Å². The molecule has 29 heavy (non-hydrogen) atoms. The summed E-state index contributed by atoms with van der Waals surface area (Å²) in [6.45, 7) is 0. The first-order valence-corrected chi connectivity index (χ1v) is 8.66. The van der Waals surface area contributed by atoms with Gasteiger partial charge in [0.25, 0.3) is 0 Å². The zero-order valence-electron chi connectivity index (χ0n) is 15.0. The Morgan fingerprint density at radius 1 is 0.759 bits per heavy atom. The normalized spacial score (nSPS) is 11.0. The van der Waals surface area contributed by atoms with E-state index in [1.807, 2.05) is 0 Å². The van der Waals surface area contributed by atoms with Crippen molar-refractivity contribution < 1.29 is 29.9 Å². The molecule has 146 valence electrons. The van der Waals surface area contributed by atoms with Crippen LogP contribution < -0.4 is 5.43 Å². The van der Waals surface area contributed by atoms with E-state index in [0.29, 0.717) is 11.1 Å². The first kappa shape index (κ1) is 18.2. The van der Waals surface area contributed by atoms with Crippen LogP contribution in [0.3, 0.4) is 0 Å². The van der Waals surface area contributed by atoms with Gasteiger partial charge in [0.05, 0.1) is 0 Å². The maximum atomic E-state index is 12.7. The lowest BCUT2D eigenvalue weighted by Crippen LogP contribution is -2.05. The number of phenolic OH excluding ortho intramolecular Hbond substituents is 4. The van der Waals surface area contributed by atoms with Gasteiger partial charge in [-0.05, 0) is 42.0 Å². The quantitative estimate of drug-likeness (QED) is 0.360. The van der Waals surface area contributed by atoms with Gasteiger partial charge < -0.3 is 29.9 Å². The summed E-state index contributed by atoms with van der Waals surface area (Å²) in [5, 5.41) is 49.6. The lowest BCUT2D eigenvalue weighted by Gasteiger charge is -2.12. The van der Waals surface area contributed by atoms with Crippen LogP contribution in [0.4, 0.5) is 0 Å². The van der Waals surface area contributed by atoms with Crippen molar-refractivity contribution >= 4 is 11.0 Å². The largest absolute Gasteiger partial charge is 0.508 e. The van der Waals surface area contributed by atoms with Gasteiger partial charge in [0.2, 0.25) is 11.2 Å². The van der Waals surface area contributed by atoms with Crippen LogP contribution >= 0.6 is 0 Å². The fourth-order valence-electron chi connectivity index (χ4n) is 3.17. The summed E-state index contributed by atoms with van der Waals surface area (Å²) in [5.41, 5.74) is 0.366. The first-order chi connectivity index (χ1) is 13.8. The Balaban J connectivity index is 1.99. The van der Waals surface area contributed by atoms with Crippen LogP contribution in [0.2, 0.25) is 0 Å². The molecule has 4 aromatic rings. The van der Waals surface area contributed by atoms with E-state index in [1.54, 1.807) is 12.1 Å².